The number of primary amides is 1. The van der Waals surface area contributed by atoms with Crippen molar-refractivity contribution in [3.63, 3.8) is 0 Å². The normalized spacial score (nSPS) is 11.7. The third-order valence-corrected chi connectivity index (χ3v) is 6.50. The van der Waals surface area contributed by atoms with Crippen LogP contribution < -0.4 is 16.7 Å². The zero-order valence-corrected chi connectivity index (χ0v) is 20.1. The molecular weight excluding hydrogens is 482 g/mol. The number of benzene rings is 2. The zero-order valence-electron chi connectivity index (χ0n) is 19.3. The topological polar surface area (TPSA) is 143 Å². The molecule has 4 amide bonds. The number of aliphatic hydroxyl groups is 1. The minimum atomic E-state index is -1.01. The summed E-state index contributed by atoms with van der Waals surface area (Å²) >= 11 is 1.38. The molecule has 10 heteroatoms. The molecule has 0 saturated heterocycles. The number of hydrogen-bond acceptors (Lipinski definition) is 7. The zero-order chi connectivity index (χ0) is 25.8. The Morgan fingerprint density at radius 3 is 2.47 bits per heavy atom. The van der Waals surface area contributed by atoms with E-state index in [2.05, 4.69) is 5.32 Å². The highest BCUT2D eigenvalue weighted by Crippen LogP contribution is 2.26. The molecule has 0 bridgehead atoms. The number of hydrogen-bond donors (Lipinski definition) is 3. The molecule has 0 saturated carbocycles. The fourth-order valence-electron chi connectivity index (χ4n) is 3.72. The molecule has 4 aromatic rings. The minimum absolute atomic E-state index is 0.0338. The van der Waals surface area contributed by atoms with Crippen LogP contribution in [0.25, 0.3) is 11.0 Å². The van der Waals surface area contributed by atoms with Crippen LogP contribution in [0.4, 0.5) is 4.79 Å². The fraction of sp³-hybridized carbons (Fsp3) is 0.154. The van der Waals surface area contributed by atoms with Gasteiger partial charge in [0.25, 0.3) is 5.91 Å². The summed E-state index contributed by atoms with van der Waals surface area (Å²) in [5.74, 6) is -1.15. The van der Waals surface area contributed by atoms with Crippen molar-refractivity contribution in [2.75, 3.05) is 6.54 Å². The van der Waals surface area contributed by atoms with E-state index in [0.29, 0.717) is 16.7 Å². The SMILES string of the molecule is Cc1cc(=O)oc2cc(C(O)c3ccc(C(=O)NCC(=O)N(Cc4cccs4)C(N)=O)cc3)ccc12. The van der Waals surface area contributed by atoms with E-state index in [0.717, 1.165) is 20.7 Å². The molecule has 0 aliphatic rings. The summed E-state index contributed by atoms with van der Waals surface area (Å²) in [5.41, 5.74) is 7.32. The van der Waals surface area contributed by atoms with Gasteiger partial charge in [0.05, 0.1) is 13.1 Å². The number of aliphatic hydroxyl groups excluding tert-OH is 1. The number of nitrogens with two attached hydrogens (primary N) is 1. The molecule has 2 aromatic heterocycles. The van der Waals surface area contributed by atoms with Crippen LogP contribution in [-0.2, 0) is 11.3 Å². The smallest absolute Gasteiger partial charge is 0.336 e. The summed E-state index contributed by atoms with van der Waals surface area (Å²) in [6.45, 7) is 1.44. The highest BCUT2D eigenvalue weighted by Gasteiger charge is 2.21. The van der Waals surface area contributed by atoms with E-state index in [1.807, 2.05) is 12.3 Å². The number of carbonyl (C=O) groups excluding carboxylic acids is 3. The molecule has 0 radical (unpaired) electrons. The van der Waals surface area contributed by atoms with E-state index in [9.17, 15) is 24.3 Å². The second-order valence-corrected chi connectivity index (χ2v) is 9.14. The molecule has 4 rings (SSSR count). The molecule has 9 nitrogen and oxygen atoms in total. The predicted molar refractivity (Wildman–Crippen MR) is 135 cm³/mol. The third kappa shape index (κ3) is 5.51. The largest absolute Gasteiger partial charge is 0.423 e. The number of thiophene rings is 1. The Bertz CT molecular complexity index is 1480. The monoisotopic (exact) mass is 505 g/mol. The Hall–Kier alpha value is -4.28. The van der Waals surface area contributed by atoms with Crippen molar-refractivity contribution in [2.24, 2.45) is 5.73 Å². The average Bonchev–Trinajstić information content (AvgIpc) is 3.38. The van der Waals surface area contributed by atoms with E-state index >= 15 is 0 Å². The van der Waals surface area contributed by atoms with E-state index in [1.54, 1.807) is 42.5 Å². The second kappa shape index (κ2) is 10.5. The molecule has 4 N–H and O–H groups in total. The lowest BCUT2D eigenvalue weighted by molar-refractivity contribution is -0.127. The van der Waals surface area contributed by atoms with Crippen molar-refractivity contribution < 1.29 is 23.9 Å². The first-order valence-corrected chi connectivity index (χ1v) is 11.8. The van der Waals surface area contributed by atoms with Crippen LogP contribution in [0, 0.1) is 6.92 Å². The van der Waals surface area contributed by atoms with Crippen LogP contribution >= 0.6 is 11.3 Å². The number of amides is 4. The lowest BCUT2D eigenvalue weighted by Crippen LogP contribution is -2.45. The van der Waals surface area contributed by atoms with Crippen LogP contribution in [0.3, 0.4) is 0 Å². The predicted octanol–water partition coefficient (Wildman–Crippen LogP) is 3.08. The molecule has 2 heterocycles. The Balaban J connectivity index is 1.41. The summed E-state index contributed by atoms with van der Waals surface area (Å²) in [6.07, 6.45) is -1.01. The van der Waals surface area contributed by atoms with Gasteiger partial charge < -0.3 is 20.6 Å². The van der Waals surface area contributed by atoms with Gasteiger partial charge in [-0.1, -0.05) is 30.3 Å². The van der Waals surface area contributed by atoms with Gasteiger partial charge in [-0.05, 0) is 53.3 Å². The van der Waals surface area contributed by atoms with Crippen LogP contribution in [0.1, 0.15) is 38.0 Å². The van der Waals surface area contributed by atoms with Crippen LogP contribution in [0.5, 0.6) is 0 Å². The van der Waals surface area contributed by atoms with Gasteiger partial charge in [0.2, 0.25) is 5.91 Å². The maximum absolute atomic E-state index is 12.5. The molecule has 184 valence electrons. The van der Waals surface area contributed by atoms with E-state index < -0.39 is 36.1 Å². The summed E-state index contributed by atoms with van der Waals surface area (Å²) in [7, 11) is 0. The van der Waals surface area contributed by atoms with Crippen molar-refractivity contribution >= 4 is 40.2 Å². The molecule has 0 fully saturated rings. The van der Waals surface area contributed by atoms with Gasteiger partial charge in [0.1, 0.15) is 11.7 Å². The van der Waals surface area contributed by atoms with Crippen molar-refractivity contribution in [3.8, 4) is 0 Å². The van der Waals surface area contributed by atoms with Gasteiger partial charge >= 0.3 is 11.7 Å². The lowest BCUT2D eigenvalue weighted by Gasteiger charge is -2.18. The summed E-state index contributed by atoms with van der Waals surface area (Å²) in [5, 5.41) is 15.9. The molecule has 0 aliphatic carbocycles. The highest BCUT2D eigenvalue weighted by molar-refractivity contribution is 7.09. The first-order chi connectivity index (χ1) is 17.2. The number of rotatable bonds is 7. The fourth-order valence-corrected chi connectivity index (χ4v) is 4.41. The number of fused-ring (bicyclic) bond motifs is 1. The Kier molecular flexibility index (Phi) is 7.28. The third-order valence-electron chi connectivity index (χ3n) is 5.64. The number of nitrogens with one attached hydrogen (secondary N) is 1. The molecule has 0 aliphatic heterocycles. The quantitative estimate of drug-likeness (QED) is 0.330. The van der Waals surface area contributed by atoms with Crippen LogP contribution in [0.15, 0.2) is 75.3 Å². The van der Waals surface area contributed by atoms with E-state index in [1.165, 1.54) is 29.5 Å². The van der Waals surface area contributed by atoms with E-state index in [-0.39, 0.29) is 12.1 Å². The number of aryl methyl sites for hydroxylation is 1. The molecule has 2 aromatic carbocycles. The van der Waals surface area contributed by atoms with Crippen molar-refractivity contribution in [2.45, 2.75) is 19.6 Å². The number of urea groups is 1. The van der Waals surface area contributed by atoms with Crippen molar-refractivity contribution in [3.05, 3.63) is 104 Å². The molecule has 1 atom stereocenters. The number of carbonyl (C=O) groups is 3. The molecule has 0 spiro atoms. The van der Waals surface area contributed by atoms with Gasteiger partial charge in [0, 0.05) is 21.9 Å². The van der Waals surface area contributed by atoms with Crippen molar-refractivity contribution in [1.82, 2.24) is 10.2 Å². The van der Waals surface area contributed by atoms with Gasteiger partial charge in [-0.3, -0.25) is 14.5 Å². The highest BCUT2D eigenvalue weighted by atomic mass is 32.1. The standard InChI is InChI=1S/C26H23N3O6S/c1-15-11-23(31)35-21-12-18(8-9-20(15)21)24(32)16-4-6-17(7-5-16)25(33)28-13-22(30)29(26(27)34)14-19-3-2-10-36-19/h2-12,24,32H,13-14H2,1H3,(H2,27,34)(H,28,33). The van der Waals surface area contributed by atoms with Gasteiger partial charge in [-0.15, -0.1) is 11.3 Å². The van der Waals surface area contributed by atoms with Gasteiger partial charge in [-0.2, -0.15) is 0 Å². The first kappa shape index (κ1) is 24.8. The summed E-state index contributed by atoms with van der Waals surface area (Å²) < 4.78 is 5.25. The Morgan fingerprint density at radius 1 is 1.08 bits per heavy atom. The lowest BCUT2D eigenvalue weighted by atomic mass is 9.98. The van der Waals surface area contributed by atoms with Crippen LogP contribution in [0.2, 0.25) is 0 Å². The van der Waals surface area contributed by atoms with E-state index in [4.69, 9.17) is 10.2 Å². The van der Waals surface area contributed by atoms with Crippen molar-refractivity contribution in [1.29, 1.82) is 0 Å². The molecule has 36 heavy (non-hydrogen) atoms. The van der Waals surface area contributed by atoms with Gasteiger partial charge in [0.15, 0.2) is 0 Å². The second-order valence-electron chi connectivity index (χ2n) is 8.11. The molecule has 1 unspecified atom stereocenters. The summed E-state index contributed by atoms with van der Waals surface area (Å²) in [6, 6.07) is 15.4. The minimum Gasteiger partial charge on any atom is -0.423 e. The maximum atomic E-state index is 12.5. The average molecular weight is 506 g/mol. The number of nitrogens with zero attached hydrogens (tertiary/aromatic N) is 1. The summed E-state index contributed by atoms with van der Waals surface area (Å²) in [4.78, 5) is 50.0. The van der Waals surface area contributed by atoms with Gasteiger partial charge in [-0.25, -0.2) is 9.59 Å². The Labute approximate surface area is 209 Å². The van der Waals surface area contributed by atoms with Crippen LogP contribution in [-0.4, -0.2) is 34.4 Å². The first-order valence-electron chi connectivity index (χ1n) is 11.0. The molecular formula is C26H23N3O6S. The number of imide groups is 1. The maximum Gasteiger partial charge on any atom is 0.336 e. The Morgan fingerprint density at radius 2 is 1.81 bits per heavy atom.